The zero-order valence-electron chi connectivity index (χ0n) is 12.6. The third-order valence-corrected chi connectivity index (χ3v) is 4.67. The Labute approximate surface area is 136 Å². The first-order valence-electron chi connectivity index (χ1n) is 7.53. The molecule has 0 radical (unpaired) electrons. The van der Waals surface area contributed by atoms with E-state index in [1.807, 2.05) is 32.0 Å². The van der Waals surface area contributed by atoms with Crippen molar-refractivity contribution in [2.75, 3.05) is 13.1 Å². The van der Waals surface area contributed by atoms with Crippen molar-refractivity contribution in [3.05, 3.63) is 33.8 Å². The highest BCUT2D eigenvalue weighted by molar-refractivity contribution is 6.42. The number of piperidine rings is 1. The molecule has 21 heavy (non-hydrogen) atoms. The molecular weight excluding hydrogens is 307 g/mol. The number of hydrogen-bond acceptors (Lipinski definition) is 1. The molecule has 116 valence electrons. The molecule has 1 aliphatic rings. The summed E-state index contributed by atoms with van der Waals surface area (Å²) in [5.74, 6) is 0.378. The molecule has 1 saturated heterocycles. The van der Waals surface area contributed by atoms with Crippen LogP contribution in [0.5, 0.6) is 0 Å². The SMILES string of the molecule is CC(C)NC(=O)C1CC[NH+](Cc2ccc(Cl)c(Cl)c2)CC1. The van der Waals surface area contributed by atoms with E-state index in [1.54, 1.807) is 0 Å². The Bertz CT molecular complexity index is 497. The van der Waals surface area contributed by atoms with Crippen LogP contribution in [0.15, 0.2) is 18.2 Å². The van der Waals surface area contributed by atoms with Gasteiger partial charge < -0.3 is 10.2 Å². The third kappa shape index (κ3) is 4.87. The number of carbonyl (C=O) groups excluding carboxylic acids is 1. The second kappa shape index (κ2) is 7.48. The zero-order valence-corrected chi connectivity index (χ0v) is 14.1. The molecule has 0 spiro atoms. The van der Waals surface area contributed by atoms with Gasteiger partial charge >= 0.3 is 0 Å². The molecule has 0 aromatic heterocycles. The Hall–Kier alpha value is -0.770. The average molecular weight is 330 g/mol. The van der Waals surface area contributed by atoms with Gasteiger partial charge in [-0.2, -0.15) is 0 Å². The molecule has 0 bridgehead atoms. The number of rotatable bonds is 4. The van der Waals surface area contributed by atoms with Crippen LogP contribution in [0.1, 0.15) is 32.3 Å². The number of carbonyl (C=O) groups is 1. The summed E-state index contributed by atoms with van der Waals surface area (Å²) in [6, 6.07) is 6.04. The van der Waals surface area contributed by atoms with E-state index in [0.717, 1.165) is 32.5 Å². The molecule has 1 fully saturated rings. The molecule has 1 heterocycles. The van der Waals surface area contributed by atoms with Gasteiger partial charge in [-0.15, -0.1) is 0 Å². The molecule has 1 amide bonds. The number of hydrogen-bond donors (Lipinski definition) is 2. The van der Waals surface area contributed by atoms with E-state index in [2.05, 4.69) is 5.32 Å². The smallest absolute Gasteiger partial charge is 0.223 e. The van der Waals surface area contributed by atoms with Crippen LogP contribution >= 0.6 is 23.2 Å². The van der Waals surface area contributed by atoms with E-state index in [9.17, 15) is 4.79 Å². The summed E-state index contributed by atoms with van der Waals surface area (Å²) in [6.45, 7) is 6.99. The summed E-state index contributed by atoms with van der Waals surface area (Å²) in [5, 5.41) is 4.22. The van der Waals surface area contributed by atoms with Gasteiger partial charge in [-0.05, 0) is 26.0 Å². The van der Waals surface area contributed by atoms with Gasteiger partial charge in [0.25, 0.3) is 0 Å². The third-order valence-electron chi connectivity index (χ3n) is 3.93. The van der Waals surface area contributed by atoms with Crippen LogP contribution < -0.4 is 10.2 Å². The van der Waals surface area contributed by atoms with E-state index in [4.69, 9.17) is 23.2 Å². The Morgan fingerprint density at radius 2 is 1.95 bits per heavy atom. The molecule has 1 aromatic carbocycles. The largest absolute Gasteiger partial charge is 0.354 e. The van der Waals surface area contributed by atoms with Crippen molar-refractivity contribution in [2.24, 2.45) is 5.92 Å². The van der Waals surface area contributed by atoms with Crippen LogP contribution in [0.4, 0.5) is 0 Å². The van der Waals surface area contributed by atoms with E-state index in [-0.39, 0.29) is 17.9 Å². The van der Waals surface area contributed by atoms with Gasteiger partial charge in [0.05, 0.1) is 23.1 Å². The lowest BCUT2D eigenvalue weighted by molar-refractivity contribution is -0.919. The summed E-state index contributed by atoms with van der Waals surface area (Å²) in [6.07, 6.45) is 1.91. The van der Waals surface area contributed by atoms with Crippen LogP contribution in [0.25, 0.3) is 0 Å². The zero-order chi connectivity index (χ0) is 15.4. The molecule has 0 saturated carbocycles. The molecule has 5 heteroatoms. The summed E-state index contributed by atoms with van der Waals surface area (Å²) in [5.41, 5.74) is 1.20. The summed E-state index contributed by atoms with van der Waals surface area (Å²) in [7, 11) is 0. The average Bonchev–Trinajstić information content (AvgIpc) is 2.43. The maximum atomic E-state index is 12.0. The molecule has 0 aliphatic carbocycles. The summed E-state index contributed by atoms with van der Waals surface area (Å²) >= 11 is 12.0. The molecule has 3 nitrogen and oxygen atoms in total. The lowest BCUT2D eigenvalue weighted by atomic mass is 9.95. The summed E-state index contributed by atoms with van der Waals surface area (Å²) in [4.78, 5) is 13.5. The standard InChI is InChI=1S/C16H22Cl2N2O/c1-11(2)19-16(21)13-5-7-20(8-6-13)10-12-3-4-14(17)15(18)9-12/h3-4,9,11,13H,5-8,10H2,1-2H3,(H,19,21)/p+1. The lowest BCUT2D eigenvalue weighted by Gasteiger charge is -2.29. The van der Waals surface area contributed by atoms with Gasteiger partial charge in [0, 0.05) is 30.4 Å². The second-order valence-corrected chi connectivity index (χ2v) is 6.93. The first kappa shape index (κ1) is 16.6. The quantitative estimate of drug-likeness (QED) is 0.873. The van der Waals surface area contributed by atoms with Crippen LogP contribution in [0, 0.1) is 5.92 Å². The number of likely N-dealkylation sites (tertiary alicyclic amines) is 1. The van der Waals surface area contributed by atoms with Crippen molar-refractivity contribution in [3.63, 3.8) is 0 Å². The second-order valence-electron chi connectivity index (χ2n) is 6.11. The lowest BCUT2D eigenvalue weighted by Crippen LogP contribution is -3.11. The highest BCUT2D eigenvalue weighted by atomic mass is 35.5. The van der Waals surface area contributed by atoms with Gasteiger partial charge in [0.15, 0.2) is 0 Å². The number of nitrogens with one attached hydrogen (secondary N) is 2. The molecule has 2 rings (SSSR count). The first-order valence-corrected chi connectivity index (χ1v) is 8.29. The van der Waals surface area contributed by atoms with Crippen molar-refractivity contribution < 1.29 is 9.69 Å². The van der Waals surface area contributed by atoms with Crippen LogP contribution in [-0.4, -0.2) is 25.0 Å². The first-order chi connectivity index (χ1) is 9.95. The number of benzene rings is 1. The van der Waals surface area contributed by atoms with Crippen LogP contribution in [-0.2, 0) is 11.3 Å². The van der Waals surface area contributed by atoms with Gasteiger partial charge in [-0.1, -0.05) is 29.3 Å². The predicted octanol–water partition coefficient (Wildman–Crippen LogP) is 2.31. The fourth-order valence-corrected chi connectivity index (χ4v) is 3.13. The van der Waals surface area contributed by atoms with E-state index in [0.29, 0.717) is 10.0 Å². The van der Waals surface area contributed by atoms with Gasteiger partial charge in [-0.25, -0.2) is 0 Å². The maximum absolute atomic E-state index is 12.0. The predicted molar refractivity (Wildman–Crippen MR) is 86.9 cm³/mol. The number of halogens is 2. The Morgan fingerprint density at radius 3 is 2.52 bits per heavy atom. The maximum Gasteiger partial charge on any atom is 0.223 e. The van der Waals surface area contributed by atoms with Crippen molar-refractivity contribution in [1.29, 1.82) is 0 Å². The van der Waals surface area contributed by atoms with Crippen molar-refractivity contribution >= 4 is 29.1 Å². The van der Waals surface area contributed by atoms with Crippen molar-refractivity contribution in [1.82, 2.24) is 5.32 Å². The van der Waals surface area contributed by atoms with Gasteiger partial charge in [0.2, 0.25) is 5.91 Å². The molecule has 0 atom stereocenters. The number of quaternary nitrogens is 1. The summed E-state index contributed by atoms with van der Waals surface area (Å²) < 4.78 is 0. The fourth-order valence-electron chi connectivity index (χ4n) is 2.81. The highest BCUT2D eigenvalue weighted by Crippen LogP contribution is 2.22. The minimum absolute atomic E-state index is 0.171. The van der Waals surface area contributed by atoms with Crippen molar-refractivity contribution in [2.45, 2.75) is 39.3 Å². The van der Waals surface area contributed by atoms with E-state index in [1.165, 1.54) is 10.5 Å². The molecular formula is C16H23Cl2N2O+. The fraction of sp³-hybridized carbons (Fsp3) is 0.562. The topological polar surface area (TPSA) is 33.5 Å². The van der Waals surface area contributed by atoms with Crippen molar-refractivity contribution in [3.8, 4) is 0 Å². The minimum Gasteiger partial charge on any atom is -0.354 e. The normalized spacial score (nSPS) is 22.3. The molecule has 1 aliphatic heterocycles. The van der Waals surface area contributed by atoms with Gasteiger partial charge in [0.1, 0.15) is 6.54 Å². The highest BCUT2D eigenvalue weighted by Gasteiger charge is 2.27. The molecule has 2 N–H and O–H groups in total. The Balaban J connectivity index is 1.84. The van der Waals surface area contributed by atoms with Crippen LogP contribution in [0.3, 0.4) is 0 Å². The Morgan fingerprint density at radius 1 is 1.29 bits per heavy atom. The monoisotopic (exact) mass is 329 g/mol. The van der Waals surface area contributed by atoms with Crippen LogP contribution in [0.2, 0.25) is 10.0 Å². The van der Waals surface area contributed by atoms with Gasteiger partial charge in [-0.3, -0.25) is 4.79 Å². The molecule has 1 aromatic rings. The van der Waals surface area contributed by atoms with E-state index >= 15 is 0 Å². The minimum atomic E-state index is 0.171. The Kier molecular flexibility index (Phi) is 5.91. The number of amides is 1. The molecule has 0 unspecified atom stereocenters. The van der Waals surface area contributed by atoms with E-state index < -0.39 is 0 Å².